The van der Waals surface area contributed by atoms with Gasteiger partial charge in [0, 0.05) is 19.0 Å². The Morgan fingerprint density at radius 2 is 1.93 bits per heavy atom. The van der Waals surface area contributed by atoms with Gasteiger partial charge in [-0.3, -0.25) is 4.79 Å². The Hall–Kier alpha value is -2.49. The zero-order valence-corrected chi connectivity index (χ0v) is 17.5. The van der Waals surface area contributed by atoms with Crippen molar-refractivity contribution in [2.45, 2.75) is 23.7 Å². The summed E-state index contributed by atoms with van der Waals surface area (Å²) in [6.45, 7) is 0.807. The van der Waals surface area contributed by atoms with Crippen LogP contribution in [0.1, 0.15) is 34.1 Å². The summed E-state index contributed by atoms with van der Waals surface area (Å²) < 4.78 is 33.8. The maximum atomic E-state index is 13.1. The Morgan fingerprint density at radius 1 is 1.21 bits per heavy atom. The number of ether oxygens (including phenoxy) is 1. The van der Waals surface area contributed by atoms with Gasteiger partial charge < -0.3 is 10.5 Å². The molecule has 0 radical (unpaired) electrons. The van der Waals surface area contributed by atoms with E-state index in [1.54, 1.807) is 11.3 Å². The second-order valence-electron chi connectivity index (χ2n) is 6.92. The predicted octanol–water partition coefficient (Wildman–Crippen LogP) is 2.97. The number of nitrogens with two attached hydrogens (primary N) is 1. The first kappa shape index (κ1) is 19.8. The van der Waals surface area contributed by atoms with Crippen LogP contribution < -0.4 is 10.5 Å². The van der Waals surface area contributed by atoms with E-state index in [1.165, 1.54) is 29.6 Å². The minimum atomic E-state index is -3.72. The summed E-state index contributed by atoms with van der Waals surface area (Å²) in [5.41, 5.74) is 6.40. The lowest BCUT2D eigenvalue weighted by Crippen LogP contribution is -2.38. The first-order chi connectivity index (χ1) is 13.9. The smallest absolute Gasteiger partial charge is 0.252 e. The summed E-state index contributed by atoms with van der Waals surface area (Å²) in [6, 6.07) is 12.2. The summed E-state index contributed by atoms with van der Waals surface area (Å²) >= 11 is 1.67. The number of rotatable bonds is 5. The largest absolute Gasteiger partial charge is 0.496 e. The number of piperidine rings is 1. The first-order valence-electron chi connectivity index (χ1n) is 9.23. The molecule has 2 N–H and O–H groups in total. The van der Waals surface area contributed by atoms with E-state index in [2.05, 4.69) is 6.07 Å². The van der Waals surface area contributed by atoms with E-state index >= 15 is 0 Å². The van der Waals surface area contributed by atoms with Crippen molar-refractivity contribution in [1.29, 1.82) is 0 Å². The number of aromatic nitrogens is 1. The highest BCUT2D eigenvalue weighted by molar-refractivity contribution is 7.89. The molecule has 1 aromatic heterocycles. The van der Waals surface area contributed by atoms with E-state index in [1.807, 2.05) is 18.2 Å². The van der Waals surface area contributed by atoms with Gasteiger partial charge in [0.15, 0.2) is 0 Å². The normalized spacial score (nSPS) is 16.2. The van der Waals surface area contributed by atoms with Gasteiger partial charge in [0.05, 0.1) is 32.8 Å². The molecule has 0 unspecified atom stereocenters. The number of hydrogen-bond donors (Lipinski definition) is 1. The molecule has 29 heavy (non-hydrogen) atoms. The second kappa shape index (κ2) is 7.74. The molecule has 4 rings (SSSR count). The van der Waals surface area contributed by atoms with Crippen molar-refractivity contribution in [3.8, 4) is 5.75 Å². The summed E-state index contributed by atoms with van der Waals surface area (Å²) in [7, 11) is -2.31. The maximum absolute atomic E-state index is 13.1. The Bertz CT molecular complexity index is 1130. The highest BCUT2D eigenvalue weighted by Gasteiger charge is 2.31. The van der Waals surface area contributed by atoms with Crippen LogP contribution in [0.3, 0.4) is 0 Å². The minimum Gasteiger partial charge on any atom is -0.496 e. The Morgan fingerprint density at radius 3 is 2.59 bits per heavy atom. The third-order valence-electron chi connectivity index (χ3n) is 5.19. The molecule has 1 saturated heterocycles. The number of carbonyl (C=O) groups is 1. The molecule has 152 valence electrons. The molecule has 7 nitrogen and oxygen atoms in total. The summed E-state index contributed by atoms with van der Waals surface area (Å²) in [5.74, 6) is -0.227. The Balaban J connectivity index is 1.53. The average molecular weight is 432 g/mol. The number of benzene rings is 2. The summed E-state index contributed by atoms with van der Waals surface area (Å²) in [5, 5.41) is 1.06. The van der Waals surface area contributed by atoms with E-state index < -0.39 is 15.9 Å². The molecule has 0 spiro atoms. The summed E-state index contributed by atoms with van der Waals surface area (Å²) in [4.78, 5) is 16.4. The van der Waals surface area contributed by atoms with Gasteiger partial charge >= 0.3 is 0 Å². The highest BCUT2D eigenvalue weighted by atomic mass is 32.2. The average Bonchev–Trinajstić information content (AvgIpc) is 3.17. The van der Waals surface area contributed by atoms with Crippen LogP contribution in [0.2, 0.25) is 0 Å². The van der Waals surface area contributed by atoms with Gasteiger partial charge in [-0.2, -0.15) is 4.31 Å². The molecular weight excluding hydrogens is 410 g/mol. The Labute approximate surface area is 173 Å². The number of hydrogen-bond acceptors (Lipinski definition) is 6. The maximum Gasteiger partial charge on any atom is 0.252 e. The van der Waals surface area contributed by atoms with Crippen LogP contribution in [0.4, 0.5) is 0 Å². The molecule has 1 aliphatic rings. The fourth-order valence-corrected chi connectivity index (χ4v) is 6.23. The molecule has 0 aliphatic carbocycles. The first-order valence-corrected chi connectivity index (χ1v) is 11.5. The second-order valence-corrected chi connectivity index (χ2v) is 9.92. The SMILES string of the molecule is COc1ccc(S(=O)(=O)N2CCC(c3nc4ccccc4s3)CC2)cc1C(N)=O. The molecular formula is C20H21N3O4S2. The van der Waals surface area contributed by atoms with Gasteiger partial charge in [0.1, 0.15) is 5.75 Å². The zero-order valence-electron chi connectivity index (χ0n) is 15.9. The van der Waals surface area contributed by atoms with Gasteiger partial charge in [-0.15, -0.1) is 11.3 Å². The van der Waals surface area contributed by atoms with Gasteiger partial charge in [0.2, 0.25) is 10.0 Å². The van der Waals surface area contributed by atoms with Gasteiger partial charge in [0.25, 0.3) is 5.91 Å². The van der Waals surface area contributed by atoms with E-state index in [0.29, 0.717) is 25.9 Å². The lowest BCUT2D eigenvalue weighted by Gasteiger charge is -2.30. The van der Waals surface area contributed by atoms with Crippen molar-refractivity contribution in [3.05, 3.63) is 53.0 Å². The monoisotopic (exact) mass is 431 g/mol. The lowest BCUT2D eigenvalue weighted by atomic mass is 9.99. The van der Waals surface area contributed by atoms with Crippen LogP contribution in [0, 0.1) is 0 Å². The molecule has 1 amide bonds. The highest BCUT2D eigenvalue weighted by Crippen LogP contribution is 2.35. The standard InChI is InChI=1S/C20H21N3O4S2/c1-27-17-7-6-14(12-15(17)19(21)24)29(25,26)23-10-8-13(9-11-23)20-22-16-4-2-3-5-18(16)28-20/h2-7,12-13H,8-11H2,1H3,(H2,21,24). The number of primary amides is 1. The minimum absolute atomic E-state index is 0.0468. The van der Waals surface area contributed by atoms with Gasteiger partial charge in [-0.05, 0) is 43.2 Å². The Kier molecular flexibility index (Phi) is 5.28. The molecule has 0 saturated carbocycles. The fourth-order valence-electron chi connectivity index (χ4n) is 3.60. The van der Waals surface area contributed by atoms with Crippen LogP contribution in [-0.4, -0.2) is 43.8 Å². The van der Waals surface area contributed by atoms with Crippen LogP contribution in [0.5, 0.6) is 5.75 Å². The number of para-hydroxylation sites is 1. The van der Waals surface area contributed by atoms with Gasteiger partial charge in [-0.1, -0.05) is 12.1 Å². The van der Waals surface area contributed by atoms with E-state index in [0.717, 1.165) is 15.2 Å². The number of nitrogens with zero attached hydrogens (tertiary/aromatic N) is 2. The van der Waals surface area contributed by atoms with Crippen LogP contribution in [0.15, 0.2) is 47.4 Å². The van der Waals surface area contributed by atoms with Crippen molar-refractivity contribution in [2.24, 2.45) is 5.73 Å². The third kappa shape index (κ3) is 3.73. The van der Waals surface area contributed by atoms with Crippen molar-refractivity contribution in [2.75, 3.05) is 20.2 Å². The number of carbonyl (C=O) groups excluding carboxylic acids is 1. The number of thiazole rings is 1. The van der Waals surface area contributed by atoms with E-state index in [9.17, 15) is 13.2 Å². The topological polar surface area (TPSA) is 103 Å². The predicted molar refractivity (Wildman–Crippen MR) is 112 cm³/mol. The van der Waals surface area contributed by atoms with Crippen molar-refractivity contribution >= 4 is 37.5 Å². The summed E-state index contributed by atoms with van der Waals surface area (Å²) in [6.07, 6.45) is 1.41. The van der Waals surface area contributed by atoms with E-state index in [-0.39, 0.29) is 22.1 Å². The molecule has 1 aliphatic heterocycles. The van der Waals surface area contributed by atoms with Crippen LogP contribution >= 0.6 is 11.3 Å². The quantitative estimate of drug-likeness (QED) is 0.669. The molecule has 2 heterocycles. The zero-order chi connectivity index (χ0) is 20.6. The van der Waals surface area contributed by atoms with Crippen molar-refractivity contribution < 1.29 is 17.9 Å². The number of sulfonamides is 1. The fraction of sp³-hybridized carbons (Fsp3) is 0.300. The van der Waals surface area contributed by atoms with Gasteiger partial charge in [-0.25, -0.2) is 13.4 Å². The van der Waals surface area contributed by atoms with E-state index in [4.69, 9.17) is 15.5 Å². The molecule has 9 heteroatoms. The van der Waals surface area contributed by atoms with Crippen molar-refractivity contribution in [3.63, 3.8) is 0 Å². The molecule has 0 bridgehead atoms. The van der Waals surface area contributed by atoms with Crippen molar-refractivity contribution in [1.82, 2.24) is 9.29 Å². The van der Waals surface area contributed by atoms with Crippen LogP contribution in [0.25, 0.3) is 10.2 Å². The number of methoxy groups -OCH3 is 1. The molecule has 1 fully saturated rings. The number of fused-ring (bicyclic) bond motifs is 1. The van der Waals surface area contributed by atoms with Crippen LogP contribution in [-0.2, 0) is 10.0 Å². The number of amides is 1. The molecule has 3 aromatic rings. The molecule has 0 atom stereocenters. The lowest BCUT2D eigenvalue weighted by molar-refractivity contribution is 0.0997. The third-order valence-corrected chi connectivity index (χ3v) is 8.28. The molecule has 2 aromatic carbocycles.